The number of anilines is 1. The minimum Gasteiger partial charge on any atom is -0.447 e. The molecule has 1 atom stereocenters. The van der Waals surface area contributed by atoms with Crippen molar-refractivity contribution in [3.63, 3.8) is 0 Å². The molecule has 186 valence electrons. The highest BCUT2D eigenvalue weighted by Gasteiger charge is 2.22. The second-order valence-electron chi connectivity index (χ2n) is 7.87. The molecule has 3 amide bonds. The van der Waals surface area contributed by atoms with Crippen LogP contribution in [0, 0.1) is 11.6 Å². The number of hydrogen-bond acceptors (Lipinski definition) is 6. The van der Waals surface area contributed by atoms with Crippen LogP contribution in [-0.2, 0) is 11.3 Å². The lowest BCUT2D eigenvalue weighted by Gasteiger charge is -2.28. The maximum atomic E-state index is 13.9. The van der Waals surface area contributed by atoms with Gasteiger partial charge in [0, 0.05) is 49.7 Å². The van der Waals surface area contributed by atoms with Gasteiger partial charge in [0.05, 0.1) is 6.04 Å². The molecule has 3 N–H and O–H groups in total. The van der Waals surface area contributed by atoms with Gasteiger partial charge in [-0.15, -0.1) is 0 Å². The van der Waals surface area contributed by atoms with Crippen molar-refractivity contribution in [3.8, 4) is 0 Å². The number of rotatable bonds is 10. The average molecular weight is 488 g/mol. The molecule has 0 saturated heterocycles. The van der Waals surface area contributed by atoms with Crippen LogP contribution in [0.2, 0.25) is 0 Å². The summed E-state index contributed by atoms with van der Waals surface area (Å²) in [6, 6.07) is 6.14. The summed E-state index contributed by atoms with van der Waals surface area (Å²) in [7, 11) is 1.51. The monoisotopic (exact) mass is 487 g/mol. The van der Waals surface area contributed by atoms with E-state index in [2.05, 4.69) is 20.6 Å². The van der Waals surface area contributed by atoms with Crippen LogP contribution in [0.3, 0.4) is 0 Å². The third-order valence-electron chi connectivity index (χ3n) is 5.43. The van der Waals surface area contributed by atoms with E-state index in [0.29, 0.717) is 25.1 Å². The molecule has 0 radical (unpaired) electrons. The molecule has 1 aromatic carbocycles. The molecular weight excluding hydrogens is 460 g/mol. The number of ether oxygens (including phenoxy) is 1. The van der Waals surface area contributed by atoms with Crippen LogP contribution in [0.4, 0.5) is 24.2 Å². The molecule has 0 spiro atoms. The van der Waals surface area contributed by atoms with E-state index in [-0.39, 0.29) is 25.3 Å². The first-order valence-electron chi connectivity index (χ1n) is 11.1. The fourth-order valence-electron chi connectivity index (χ4n) is 3.39. The van der Waals surface area contributed by atoms with Crippen molar-refractivity contribution < 1.29 is 28.2 Å². The topological polar surface area (TPSA) is 117 Å². The molecule has 9 nitrogen and oxygen atoms in total. The van der Waals surface area contributed by atoms with E-state index < -0.39 is 29.8 Å². The molecule has 0 aliphatic rings. The molecule has 0 fully saturated rings. The molecule has 3 rings (SSSR count). The highest BCUT2D eigenvalue weighted by Crippen LogP contribution is 2.16. The number of halogens is 2. The maximum Gasteiger partial charge on any atom is 0.412 e. The molecular formula is C24H27F2N5O4. The number of carbonyl (C=O) groups excluding carboxylic acids is 2. The number of fused-ring (bicyclic) bond motifs is 1. The smallest absolute Gasteiger partial charge is 0.412 e. The molecule has 2 aromatic heterocycles. The van der Waals surface area contributed by atoms with Gasteiger partial charge in [0.25, 0.3) is 0 Å². The van der Waals surface area contributed by atoms with Gasteiger partial charge in [-0.25, -0.2) is 23.4 Å². The maximum absolute atomic E-state index is 13.9. The number of nitrogens with one attached hydrogen (secondary N) is 2. The van der Waals surface area contributed by atoms with Gasteiger partial charge in [-0.2, -0.15) is 0 Å². The number of likely N-dealkylation sites (N-methyl/N-ethyl adjacent to an activating group) is 1. The third-order valence-corrected chi connectivity index (χ3v) is 5.43. The van der Waals surface area contributed by atoms with E-state index >= 15 is 0 Å². The minimum absolute atomic E-state index is 0.00796. The van der Waals surface area contributed by atoms with Crippen LogP contribution in [0.15, 0.2) is 48.9 Å². The van der Waals surface area contributed by atoms with Crippen molar-refractivity contribution in [2.45, 2.75) is 31.8 Å². The molecule has 0 saturated carbocycles. The van der Waals surface area contributed by atoms with Gasteiger partial charge >= 0.3 is 12.1 Å². The highest BCUT2D eigenvalue weighted by atomic mass is 19.2. The Balaban J connectivity index is 1.57. The van der Waals surface area contributed by atoms with Crippen molar-refractivity contribution in [1.82, 2.24) is 20.2 Å². The number of aliphatic hydroxyl groups is 1. The standard InChI is InChI=1S/C24H27F2N5O4/c1-31(23(33)29-13-17-5-4-7-20(25)22(17)26)19(6-2-3-10-32)15-35-24(34)30-21-11-16-8-9-27-12-18(16)14-28-21/h4-5,7-9,11-12,14,19,32H,2-3,6,10,13,15H2,1H3,(H,29,33)(H,28,30,34)/t19-/m0/s1. The Morgan fingerprint density at radius 2 is 2.00 bits per heavy atom. The fourth-order valence-corrected chi connectivity index (χ4v) is 3.39. The van der Waals surface area contributed by atoms with Crippen LogP contribution in [0.25, 0.3) is 10.8 Å². The zero-order valence-corrected chi connectivity index (χ0v) is 19.2. The van der Waals surface area contributed by atoms with Gasteiger partial charge in [0.1, 0.15) is 12.4 Å². The first-order valence-corrected chi connectivity index (χ1v) is 11.1. The number of aliphatic hydroxyl groups excluding tert-OH is 1. The lowest BCUT2D eigenvalue weighted by molar-refractivity contribution is 0.112. The fraction of sp³-hybridized carbons (Fsp3) is 0.333. The number of amides is 3. The van der Waals surface area contributed by atoms with Crippen LogP contribution in [-0.4, -0.2) is 58.4 Å². The summed E-state index contributed by atoms with van der Waals surface area (Å²) in [6.07, 6.45) is 5.68. The van der Waals surface area contributed by atoms with E-state index in [1.54, 1.807) is 30.7 Å². The van der Waals surface area contributed by atoms with Crippen molar-refractivity contribution in [2.24, 2.45) is 0 Å². The quantitative estimate of drug-likeness (QED) is 0.374. The number of hydrogen-bond donors (Lipinski definition) is 3. The Hall–Kier alpha value is -3.86. The molecule has 0 unspecified atom stereocenters. The minimum atomic E-state index is -1.02. The molecule has 2 heterocycles. The SMILES string of the molecule is CN(C(=O)NCc1cccc(F)c1F)[C@@H](CCCCO)COC(=O)Nc1cc2ccncc2cn1. The van der Waals surface area contributed by atoms with Crippen LogP contribution in [0.5, 0.6) is 0 Å². The zero-order valence-electron chi connectivity index (χ0n) is 19.2. The van der Waals surface area contributed by atoms with E-state index in [9.17, 15) is 18.4 Å². The van der Waals surface area contributed by atoms with E-state index in [4.69, 9.17) is 9.84 Å². The summed E-state index contributed by atoms with van der Waals surface area (Å²) in [5, 5.41) is 15.8. The summed E-state index contributed by atoms with van der Waals surface area (Å²) in [5.74, 6) is -1.72. The Bertz CT molecular complexity index is 1160. The molecule has 11 heteroatoms. The van der Waals surface area contributed by atoms with E-state index in [0.717, 1.165) is 16.8 Å². The summed E-state index contributed by atoms with van der Waals surface area (Å²) in [5.41, 5.74) is 0.0119. The summed E-state index contributed by atoms with van der Waals surface area (Å²) in [6.45, 7) is -0.334. The zero-order chi connectivity index (χ0) is 25.2. The first-order chi connectivity index (χ1) is 16.9. The van der Waals surface area contributed by atoms with E-state index in [1.807, 2.05) is 0 Å². The normalized spacial score (nSPS) is 11.7. The molecule has 0 aliphatic heterocycles. The number of aromatic nitrogens is 2. The van der Waals surface area contributed by atoms with Crippen molar-refractivity contribution in [2.75, 3.05) is 25.6 Å². The number of pyridine rings is 2. The van der Waals surface area contributed by atoms with Gasteiger partial charge < -0.3 is 20.1 Å². The lowest BCUT2D eigenvalue weighted by atomic mass is 10.1. The van der Waals surface area contributed by atoms with Crippen LogP contribution in [0.1, 0.15) is 24.8 Å². The number of carbonyl (C=O) groups is 2. The Kier molecular flexibility index (Phi) is 9.24. The van der Waals surface area contributed by atoms with Crippen LogP contribution < -0.4 is 10.6 Å². The van der Waals surface area contributed by atoms with Gasteiger partial charge in [-0.05, 0) is 42.8 Å². The number of urea groups is 1. The number of nitrogens with zero attached hydrogens (tertiary/aromatic N) is 3. The largest absolute Gasteiger partial charge is 0.447 e. The van der Waals surface area contributed by atoms with Crippen molar-refractivity contribution in [3.05, 3.63) is 66.1 Å². The Morgan fingerprint density at radius 1 is 1.17 bits per heavy atom. The number of unbranched alkanes of at least 4 members (excludes halogenated alkanes) is 1. The molecule has 35 heavy (non-hydrogen) atoms. The van der Waals surface area contributed by atoms with E-state index in [1.165, 1.54) is 24.1 Å². The highest BCUT2D eigenvalue weighted by molar-refractivity contribution is 5.88. The molecule has 0 aliphatic carbocycles. The lowest BCUT2D eigenvalue weighted by Crippen LogP contribution is -2.46. The predicted octanol–water partition coefficient (Wildman–Crippen LogP) is 3.83. The predicted molar refractivity (Wildman–Crippen MR) is 126 cm³/mol. The Morgan fingerprint density at radius 3 is 2.80 bits per heavy atom. The molecule has 3 aromatic rings. The average Bonchev–Trinajstić information content (AvgIpc) is 2.86. The van der Waals surface area contributed by atoms with Crippen molar-refractivity contribution in [1.29, 1.82) is 0 Å². The third kappa shape index (κ3) is 7.31. The second-order valence-corrected chi connectivity index (χ2v) is 7.87. The Labute approximate surface area is 201 Å². The summed E-state index contributed by atoms with van der Waals surface area (Å²) >= 11 is 0. The van der Waals surface area contributed by atoms with Crippen molar-refractivity contribution >= 4 is 28.7 Å². The first kappa shape index (κ1) is 25.8. The van der Waals surface area contributed by atoms with Gasteiger partial charge in [-0.1, -0.05) is 12.1 Å². The van der Waals surface area contributed by atoms with Gasteiger partial charge in [-0.3, -0.25) is 10.3 Å². The number of benzene rings is 1. The second kappa shape index (κ2) is 12.6. The summed E-state index contributed by atoms with van der Waals surface area (Å²) in [4.78, 5) is 34.5. The van der Waals surface area contributed by atoms with Crippen LogP contribution >= 0.6 is 0 Å². The molecule has 0 bridgehead atoms. The summed E-state index contributed by atoms with van der Waals surface area (Å²) < 4.78 is 32.6. The van der Waals surface area contributed by atoms with Gasteiger partial charge in [0.2, 0.25) is 0 Å². The van der Waals surface area contributed by atoms with Gasteiger partial charge in [0.15, 0.2) is 11.6 Å².